The molecule has 0 fully saturated rings. The maximum Gasteiger partial charge on any atom is 0.384 e. The summed E-state index contributed by atoms with van der Waals surface area (Å²) in [5.74, 6) is -1.99. The molecule has 0 radical (unpaired) electrons. The van der Waals surface area contributed by atoms with Gasteiger partial charge in [-0.25, -0.2) is 4.79 Å². The van der Waals surface area contributed by atoms with Crippen molar-refractivity contribution in [2.24, 2.45) is 0 Å². The molecule has 2 N–H and O–H groups in total. The van der Waals surface area contributed by atoms with Crippen LogP contribution in [0.4, 0.5) is 0 Å². The fraction of sp³-hybridized carbons (Fsp3) is 0.125. The van der Waals surface area contributed by atoms with Gasteiger partial charge in [0.1, 0.15) is 5.75 Å². The average molecular weight is 197 g/mol. The summed E-state index contributed by atoms with van der Waals surface area (Å²) in [6.07, 6.45) is 0. The Labute approximate surface area is 78.6 Å². The molecule has 74 valence electrons. The minimum absolute atomic E-state index is 0.218. The van der Waals surface area contributed by atoms with Crippen molar-refractivity contribution in [1.29, 1.82) is 0 Å². The van der Waals surface area contributed by atoms with Crippen LogP contribution in [-0.2, 0) is 4.79 Å². The number of phenols is 1. The van der Waals surface area contributed by atoms with Crippen LogP contribution in [0.15, 0.2) is 24.3 Å². The van der Waals surface area contributed by atoms with Crippen molar-refractivity contribution in [3.8, 4) is 5.75 Å². The van der Waals surface area contributed by atoms with Crippen molar-refractivity contribution in [1.82, 2.24) is 0 Å². The first kappa shape index (κ1) is 9.97. The standard InChI is InChI=1S/C8H7NO5/c10-6-4-2-1-3-5(6)7(8(11)12)9(13)14/h1-4,7,10H,(H,11,12). The number of hydrogen-bond donors (Lipinski definition) is 2. The van der Waals surface area contributed by atoms with Gasteiger partial charge in [0.25, 0.3) is 0 Å². The molecule has 1 aromatic rings. The number of benzene rings is 1. The van der Waals surface area contributed by atoms with Crippen molar-refractivity contribution < 1.29 is 19.9 Å². The minimum Gasteiger partial charge on any atom is -0.507 e. The van der Waals surface area contributed by atoms with Crippen LogP contribution in [-0.4, -0.2) is 21.1 Å². The number of carbonyl (C=O) groups is 1. The highest BCUT2D eigenvalue weighted by Gasteiger charge is 2.33. The molecule has 14 heavy (non-hydrogen) atoms. The molecule has 0 saturated heterocycles. The molecule has 1 atom stereocenters. The number of rotatable bonds is 3. The van der Waals surface area contributed by atoms with Crippen molar-refractivity contribution in [3.05, 3.63) is 39.9 Å². The van der Waals surface area contributed by atoms with Gasteiger partial charge in [0, 0.05) is 4.92 Å². The molecule has 1 unspecified atom stereocenters. The van der Waals surface area contributed by atoms with Gasteiger partial charge in [-0.15, -0.1) is 0 Å². The van der Waals surface area contributed by atoms with Crippen LogP contribution in [0.3, 0.4) is 0 Å². The summed E-state index contributed by atoms with van der Waals surface area (Å²) >= 11 is 0. The quantitative estimate of drug-likeness (QED) is 0.551. The van der Waals surface area contributed by atoms with E-state index in [-0.39, 0.29) is 5.56 Å². The van der Waals surface area contributed by atoms with Crippen LogP contribution < -0.4 is 0 Å². The molecule has 6 heteroatoms. The van der Waals surface area contributed by atoms with E-state index in [0.717, 1.165) is 0 Å². The van der Waals surface area contributed by atoms with Gasteiger partial charge in [-0.2, -0.15) is 0 Å². The normalized spacial score (nSPS) is 12.0. The lowest BCUT2D eigenvalue weighted by Crippen LogP contribution is -2.20. The number of nitro groups is 1. The highest BCUT2D eigenvalue weighted by Crippen LogP contribution is 2.25. The molecule has 6 nitrogen and oxygen atoms in total. The molecule has 0 spiro atoms. The Kier molecular flexibility index (Phi) is 2.66. The zero-order chi connectivity index (χ0) is 10.7. The van der Waals surface area contributed by atoms with Crippen LogP contribution in [0.2, 0.25) is 0 Å². The maximum atomic E-state index is 10.5. The van der Waals surface area contributed by atoms with Gasteiger partial charge >= 0.3 is 12.0 Å². The largest absolute Gasteiger partial charge is 0.507 e. The number of phenolic OH excluding ortho intramolecular Hbond substituents is 1. The van der Waals surface area contributed by atoms with E-state index in [9.17, 15) is 20.0 Å². The van der Waals surface area contributed by atoms with Gasteiger partial charge in [-0.1, -0.05) is 12.1 Å². The first-order chi connectivity index (χ1) is 6.54. The zero-order valence-electron chi connectivity index (χ0n) is 6.95. The van der Waals surface area contributed by atoms with E-state index in [1.165, 1.54) is 24.3 Å². The Hall–Kier alpha value is -2.11. The van der Waals surface area contributed by atoms with Gasteiger partial charge in [0.05, 0.1) is 5.56 Å². The second-order valence-corrected chi connectivity index (χ2v) is 2.58. The maximum absolute atomic E-state index is 10.5. The molecule has 1 aromatic carbocycles. The number of hydrogen-bond acceptors (Lipinski definition) is 4. The molecule has 0 aliphatic carbocycles. The number of carboxylic acid groups (broad SMARTS) is 1. The van der Waals surface area contributed by atoms with Gasteiger partial charge in [-0.05, 0) is 12.1 Å². The van der Waals surface area contributed by atoms with Crippen molar-refractivity contribution in [3.63, 3.8) is 0 Å². The minimum atomic E-state index is -1.92. The topological polar surface area (TPSA) is 101 Å². The molecule has 0 aromatic heterocycles. The average Bonchev–Trinajstić information content (AvgIpc) is 2.07. The van der Waals surface area contributed by atoms with Gasteiger partial charge < -0.3 is 10.2 Å². The first-order valence-corrected chi connectivity index (χ1v) is 3.68. The van der Waals surface area contributed by atoms with Crippen molar-refractivity contribution in [2.75, 3.05) is 0 Å². The van der Waals surface area contributed by atoms with Gasteiger partial charge in [-0.3, -0.25) is 10.1 Å². The highest BCUT2D eigenvalue weighted by atomic mass is 16.6. The van der Waals surface area contributed by atoms with E-state index in [2.05, 4.69) is 0 Å². The predicted octanol–water partition coefficient (Wildman–Crippen LogP) is 0.795. The Morgan fingerprint density at radius 1 is 1.43 bits per heavy atom. The number of carboxylic acids is 1. The third-order valence-electron chi connectivity index (χ3n) is 1.68. The van der Waals surface area contributed by atoms with Gasteiger partial charge in [0.15, 0.2) is 0 Å². The second-order valence-electron chi connectivity index (χ2n) is 2.58. The van der Waals surface area contributed by atoms with E-state index in [1.807, 2.05) is 0 Å². The lowest BCUT2D eigenvalue weighted by Gasteiger charge is -2.05. The van der Waals surface area contributed by atoms with E-state index in [0.29, 0.717) is 0 Å². The summed E-state index contributed by atoms with van der Waals surface area (Å²) in [5.41, 5.74) is -0.218. The second kappa shape index (κ2) is 3.73. The van der Waals surface area contributed by atoms with Crippen LogP contribution in [0, 0.1) is 10.1 Å². The number of aliphatic carboxylic acids is 1. The Morgan fingerprint density at radius 2 is 2.00 bits per heavy atom. The molecule has 0 saturated carbocycles. The van der Waals surface area contributed by atoms with Crippen LogP contribution in [0.1, 0.15) is 11.6 Å². The van der Waals surface area contributed by atoms with Gasteiger partial charge in [0.2, 0.25) is 0 Å². The number of para-hydroxylation sites is 1. The Morgan fingerprint density at radius 3 is 2.43 bits per heavy atom. The fourth-order valence-corrected chi connectivity index (χ4v) is 1.06. The molecule has 0 heterocycles. The smallest absolute Gasteiger partial charge is 0.384 e. The molecular formula is C8H7NO5. The summed E-state index contributed by atoms with van der Waals surface area (Å²) in [4.78, 5) is 20.0. The molecule has 0 aliphatic heterocycles. The predicted molar refractivity (Wildman–Crippen MR) is 45.5 cm³/mol. The SMILES string of the molecule is O=C(O)C(c1ccccc1O)[N+](=O)[O-]. The van der Waals surface area contributed by atoms with Crippen LogP contribution in [0.25, 0.3) is 0 Å². The summed E-state index contributed by atoms with van der Waals surface area (Å²) in [5, 5.41) is 28.2. The summed E-state index contributed by atoms with van der Waals surface area (Å²) in [6.45, 7) is 0. The third kappa shape index (κ3) is 1.79. The molecule has 0 bridgehead atoms. The lowest BCUT2D eigenvalue weighted by molar-refractivity contribution is -0.516. The third-order valence-corrected chi connectivity index (χ3v) is 1.68. The summed E-state index contributed by atoms with van der Waals surface area (Å²) in [7, 11) is 0. The monoisotopic (exact) mass is 197 g/mol. The molecule has 0 aliphatic rings. The zero-order valence-corrected chi connectivity index (χ0v) is 6.95. The van der Waals surface area contributed by atoms with Crippen LogP contribution >= 0.6 is 0 Å². The highest BCUT2D eigenvalue weighted by molar-refractivity contribution is 5.75. The van der Waals surface area contributed by atoms with Crippen molar-refractivity contribution >= 4 is 5.97 Å². The fourth-order valence-electron chi connectivity index (χ4n) is 1.06. The Bertz CT molecular complexity index is 362. The number of nitrogens with zero attached hydrogens (tertiary/aromatic N) is 1. The van der Waals surface area contributed by atoms with E-state index in [4.69, 9.17) is 5.11 Å². The summed E-state index contributed by atoms with van der Waals surface area (Å²) < 4.78 is 0. The molecular weight excluding hydrogens is 190 g/mol. The van der Waals surface area contributed by atoms with E-state index < -0.39 is 22.7 Å². The van der Waals surface area contributed by atoms with Crippen molar-refractivity contribution in [2.45, 2.75) is 6.04 Å². The first-order valence-electron chi connectivity index (χ1n) is 3.68. The lowest BCUT2D eigenvalue weighted by atomic mass is 10.1. The van der Waals surface area contributed by atoms with Crippen LogP contribution in [0.5, 0.6) is 5.75 Å². The summed E-state index contributed by atoms with van der Waals surface area (Å²) in [6, 6.07) is 3.37. The molecule has 1 rings (SSSR count). The van der Waals surface area contributed by atoms with E-state index >= 15 is 0 Å². The Balaban J connectivity index is 3.18. The molecule has 0 amide bonds. The van der Waals surface area contributed by atoms with E-state index in [1.54, 1.807) is 0 Å². The number of aromatic hydroxyl groups is 1.